The van der Waals surface area contributed by atoms with E-state index in [2.05, 4.69) is 16.6 Å². The number of nitrogens with zero attached hydrogens (tertiary/aromatic N) is 2. The maximum absolute atomic E-state index is 13.2. The summed E-state index contributed by atoms with van der Waals surface area (Å²) in [6.45, 7) is 7.74. The van der Waals surface area contributed by atoms with Crippen LogP contribution < -0.4 is 0 Å². The summed E-state index contributed by atoms with van der Waals surface area (Å²) in [6.07, 6.45) is 5.39. The minimum atomic E-state index is -0.271. The zero-order valence-corrected chi connectivity index (χ0v) is 11.0. The van der Waals surface area contributed by atoms with Crippen LogP contribution in [0.5, 0.6) is 0 Å². The second-order valence-corrected chi connectivity index (χ2v) is 4.21. The number of rotatable bonds is 3. The first-order valence-electron chi connectivity index (χ1n) is 6.03. The van der Waals surface area contributed by atoms with Gasteiger partial charge in [-0.1, -0.05) is 12.7 Å². The lowest BCUT2D eigenvalue weighted by molar-refractivity contribution is 0.629. The van der Waals surface area contributed by atoms with Crippen molar-refractivity contribution in [2.24, 2.45) is 4.99 Å². The molecule has 0 spiro atoms. The van der Waals surface area contributed by atoms with E-state index in [0.717, 1.165) is 22.2 Å². The molecule has 19 heavy (non-hydrogen) atoms. The van der Waals surface area contributed by atoms with Crippen molar-refractivity contribution in [3.05, 3.63) is 60.1 Å². The number of fused-ring (bicyclic) bond motifs is 1. The third-order valence-electron chi connectivity index (χ3n) is 2.79. The lowest BCUT2D eigenvalue weighted by Crippen LogP contribution is -1.92. The molecule has 0 fully saturated rings. The van der Waals surface area contributed by atoms with Crippen LogP contribution in [0, 0.1) is 12.7 Å². The highest BCUT2D eigenvalue weighted by atomic mass is 19.1. The fourth-order valence-electron chi connectivity index (χ4n) is 1.82. The monoisotopic (exact) mass is 254 g/mol. The average molecular weight is 254 g/mol. The SMILES string of the molecule is C=C(N=C/C=C\C)c1cc2cc(F)ccc2nc1C. The van der Waals surface area contributed by atoms with Crippen molar-refractivity contribution in [3.63, 3.8) is 0 Å². The van der Waals surface area contributed by atoms with E-state index in [0.29, 0.717) is 5.70 Å². The topological polar surface area (TPSA) is 25.2 Å². The third-order valence-corrected chi connectivity index (χ3v) is 2.79. The maximum Gasteiger partial charge on any atom is 0.123 e. The molecule has 1 heterocycles. The lowest BCUT2D eigenvalue weighted by Gasteiger charge is -2.07. The number of halogens is 1. The predicted molar refractivity (Wildman–Crippen MR) is 78.8 cm³/mol. The lowest BCUT2D eigenvalue weighted by atomic mass is 10.1. The molecule has 0 aliphatic rings. The highest BCUT2D eigenvalue weighted by molar-refractivity contribution is 5.85. The molecule has 1 aromatic carbocycles. The van der Waals surface area contributed by atoms with Crippen molar-refractivity contribution in [2.75, 3.05) is 0 Å². The number of pyridine rings is 1. The highest BCUT2D eigenvalue weighted by Gasteiger charge is 2.06. The van der Waals surface area contributed by atoms with Crippen LogP contribution in [0.3, 0.4) is 0 Å². The number of benzene rings is 1. The Morgan fingerprint density at radius 3 is 2.89 bits per heavy atom. The van der Waals surface area contributed by atoms with E-state index in [-0.39, 0.29) is 5.82 Å². The molecule has 2 nitrogen and oxygen atoms in total. The van der Waals surface area contributed by atoms with E-state index in [1.165, 1.54) is 12.1 Å². The van der Waals surface area contributed by atoms with Crippen molar-refractivity contribution in [1.82, 2.24) is 4.98 Å². The molecule has 0 unspecified atom stereocenters. The van der Waals surface area contributed by atoms with Gasteiger partial charge in [0.1, 0.15) is 5.82 Å². The molecule has 2 aromatic rings. The Balaban J connectivity index is 2.48. The van der Waals surface area contributed by atoms with Crippen LogP contribution in [0.4, 0.5) is 4.39 Å². The van der Waals surface area contributed by atoms with Crippen molar-refractivity contribution < 1.29 is 4.39 Å². The number of allylic oxidation sites excluding steroid dienone is 2. The number of hydrogen-bond donors (Lipinski definition) is 0. The van der Waals surface area contributed by atoms with E-state index in [1.807, 2.05) is 32.1 Å². The number of aromatic nitrogens is 1. The summed E-state index contributed by atoms with van der Waals surface area (Å²) in [5.74, 6) is -0.271. The smallest absolute Gasteiger partial charge is 0.123 e. The second-order valence-electron chi connectivity index (χ2n) is 4.21. The Morgan fingerprint density at radius 2 is 2.16 bits per heavy atom. The summed E-state index contributed by atoms with van der Waals surface area (Å²) in [4.78, 5) is 8.68. The number of aliphatic imine (C=N–C) groups is 1. The second kappa shape index (κ2) is 5.57. The first-order chi connectivity index (χ1) is 9.11. The predicted octanol–water partition coefficient (Wildman–Crippen LogP) is 4.30. The van der Waals surface area contributed by atoms with E-state index in [1.54, 1.807) is 12.3 Å². The van der Waals surface area contributed by atoms with E-state index in [4.69, 9.17) is 0 Å². The molecule has 0 atom stereocenters. The van der Waals surface area contributed by atoms with Gasteiger partial charge in [0.2, 0.25) is 0 Å². The summed E-state index contributed by atoms with van der Waals surface area (Å²) >= 11 is 0. The van der Waals surface area contributed by atoms with Crippen LogP contribution in [-0.4, -0.2) is 11.2 Å². The largest absolute Gasteiger partial charge is 0.257 e. The molecule has 0 amide bonds. The highest BCUT2D eigenvalue weighted by Crippen LogP contribution is 2.23. The van der Waals surface area contributed by atoms with Gasteiger partial charge in [-0.3, -0.25) is 9.98 Å². The summed E-state index contributed by atoms with van der Waals surface area (Å²) < 4.78 is 13.2. The minimum absolute atomic E-state index is 0.271. The van der Waals surface area contributed by atoms with Gasteiger partial charge < -0.3 is 0 Å². The van der Waals surface area contributed by atoms with Gasteiger partial charge >= 0.3 is 0 Å². The molecule has 96 valence electrons. The van der Waals surface area contributed by atoms with Crippen LogP contribution in [0.2, 0.25) is 0 Å². The molecular weight excluding hydrogens is 239 g/mol. The van der Waals surface area contributed by atoms with Crippen LogP contribution in [0.15, 0.2) is 48.0 Å². The molecule has 1 aromatic heterocycles. The minimum Gasteiger partial charge on any atom is -0.257 e. The molecule has 0 N–H and O–H groups in total. The summed E-state index contributed by atoms with van der Waals surface area (Å²) in [5, 5.41) is 0.753. The fourth-order valence-corrected chi connectivity index (χ4v) is 1.82. The zero-order chi connectivity index (χ0) is 13.8. The van der Waals surface area contributed by atoms with E-state index < -0.39 is 0 Å². The summed E-state index contributed by atoms with van der Waals surface area (Å²) in [5.41, 5.74) is 3.06. The van der Waals surface area contributed by atoms with Crippen molar-refractivity contribution in [2.45, 2.75) is 13.8 Å². The summed E-state index contributed by atoms with van der Waals surface area (Å²) in [6, 6.07) is 6.42. The Bertz CT molecular complexity index is 684. The Morgan fingerprint density at radius 1 is 1.37 bits per heavy atom. The van der Waals surface area contributed by atoms with Gasteiger partial charge in [-0.05, 0) is 44.2 Å². The van der Waals surface area contributed by atoms with Gasteiger partial charge in [0.05, 0.1) is 11.2 Å². The number of aryl methyl sites for hydroxylation is 1. The fraction of sp³-hybridized carbons (Fsp3) is 0.125. The number of hydrogen-bond acceptors (Lipinski definition) is 2. The van der Waals surface area contributed by atoms with E-state index >= 15 is 0 Å². The van der Waals surface area contributed by atoms with Crippen LogP contribution >= 0.6 is 0 Å². The normalized spacial score (nSPS) is 11.7. The standard InChI is InChI=1S/C16H15FN2/c1-4-5-8-18-11(2)15-10-13-9-14(17)6-7-16(13)19-12(15)3/h4-10H,2H2,1,3H3/b5-4-,18-8?. The first kappa shape index (κ1) is 13.1. The third kappa shape index (κ3) is 2.94. The van der Waals surface area contributed by atoms with Crippen molar-refractivity contribution in [1.29, 1.82) is 0 Å². The molecule has 0 radical (unpaired) electrons. The molecule has 0 aliphatic heterocycles. The Labute approximate surface area is 112 Å². The Hall–Kier alpha value is -2.29. The molecular formula is C16H15FN2. The maximum atomic E-state index is 13.2. The molecule has 0 aliphatic carbocycles. The molecule has 2 rings (SSSR count). The van der Waals surface area contributed by atoms with Gasteiger partial charge in [-0.2, -0.15) is 0 Å². The average Bonchev–Trinajstić information content (AvgIpc) is 2.38. The van der Waals surface area contributed by atoms with Crippen LogP contribution in [0.1, 0.15) is 18.2 Å². The molecule has 0 saturated carbocycles. The summed E-state index contributed by atoms with van der Waals surface area (Å²) in [7, 11) is 0. The van der Waals surface area contributed by atoms with E-state index in [9.17, 15) is 4.39 Å². The van der Waals surface area contributed by atoms with Crippen molar-refractivity contribution in [3.8, 4) is 0 Å². The van der Waals surface area contributed by atoms with Gasteiger partial charge in [0.15, 0.2) is 0 Å². The van der Waals surface area contributed by atoms with Crippen LogP contribution in [-0.2, 0) is 0 Å². The molecule has 0 saturated heterocycles. The van der Waals surface area contributed by atoms with Crippen molar-refractivity contribution >= 4 is 22.8 Å². The van der Waals surface area contributed by atoms with Gasteiger partial charge in [0.25, 0.3) is 0 Å². The van der Waals surface area contributed by atoms with Gasteiger partial charge in [0, 0.05) is 22.9 Å². The zero-order valence-electron chi connectivity index (χ0n) is 11.0. The van der Waals surface area contributed by atoms with Gasteiger partial charge in [-0.25, -0.2) is 4.39 Å². The Kier molecular flexibility index (Phi) is 3.85. The first-order valence-corrected chi connectivity index (χ1v) is 6.03. The van der Waals surface area contributed by atoms with Crippen LogP contribution in [0.25, 0.3) is 16.6 Å². The van der Waals surface area contributed by atoms with Gasteiger partial charge in [-0.15, -0.1) is 0 Å². The molecule has 3 heteroatoms. The quantitative estimate of drug-likeness (QED) is 0.750. The molecule has 0 bridgehead atoms.